The van der Waals surface area contributed by atoms with Crippen molar-refractivity contribution in [3.63, 3.8) is 0 Å². The number of nitrogens with zero attached hydrogens (tertiary/aromatic N) is 2. The zero-order chi connectivity index (χ0) is 63.9. The Labute approximate surface area is 499 Å². The molecular weight excluding hydrogens is 1150 g/mol. The molecule has 2 aromatic carbocycles. The lowest BCUT2D eigenvalue weighted by atomic mass is 10.0. The number of aliphatic carboxylic acids is 2. The number of carboxylic acids is 2. The molecule has 0 radical (unpaired) electrons. The summed E-state index contributed by atoms with van der Waals surface area (Å²) in [4.78, 5) is 176. The molecule has 32 nitrogen and oxygen atoms in total. The molecule has 0 spiro atoms. The molecule has 11 amide bonds. The molecule has 0 aromatic heterocycles. The summed E-state index contributed by atoms with van der Waals surface area (Å²) in [7, 11) is 0. The molecule has 470 valence electrons. The lowest BCUT2D eigenvalue weighted by molar-refractivity contribution is -0.142. The normalized spacial score (nSPS) is 15.5. The van der Waals surface area contributed by atoms with E-state index in [0.29, 0.717) is 36.9 Å². The van der Waals surface area contributed by atoms with Gasteiger partial charge < -0.3 is 96.7 Å². The van der Waals surface area contributed by atoms with Gasteiger partial charge in [0.25, 0.3) is 0 Å². The van der Waals surface area contributed by atoms with Crippen molar-refractivity contribution in [3.8, 4) is 0 Å². The van der Waals surface area contributed by atoms with Gasteiger partial charge in [0.05, 0.1) is 45.1 Å². The van der Waals surface area contributed by atoms with Gasteiger partial charge in [-0.25, -0.2) is 4.99 Å². The molecule has 1 aliphatic heterocycles. The fourth-order valence-electron chi connectivity index (χ4n) is 8.36. The molecule has 0 saturated carbocycles. The Morgan fingerprint density at radius 3 is 1.66 bits per heavy atom. The van der Waals surface area contributed by atoms with Crippen molar-refractivity contribution in [3.05, 3.63) is 83.9 Å². The largest absolute Gasteiger partial charge is 0.481 e. The third kappa shape index (κ3) is 25.3. The van der Waals surface area contributed by atoms with E-state index in [1.165, 1.54) is 12.2 Å². The first-order valence-electron chi connectivity index (χ1n) is 27.0. The lowest BCUT2D eigenvalue weighted by Gasteiger charge is -2.26. The maximum absolute atomic E-state index is 13.9. The summed E-state index contributed by atoms with van der Waals surface area (Å²) in [5.74, 6) is -14.3. The Balaban J connectivity index is 1.69. The molecule has 1 fully saturated rings. The summed E-state index contributed by atoms with van der Waals surface area (Å²) >= 11 is 4.02. The zero-order valence-electron chi connectivity index (χ0n) is 46.8. The van der Waals surface area contributed by atoms with E-state index in [0.717, 1.165) is 4.90 Å². The third-order valence-electron chi connectivity index (χ3n) is 12.8. The number of carbonyl (C=O) groups excluding carboxylic acids is 11. The minimum absolute atomic E-state index is 0.0252. The Morgan fingerprint density at radius 1 is 0.628 bits per heavy atom. The first kappa shape index (κ1) is 71.1. The van der Waals surface area contributed by atoms with Gasteiger partial charge in [-0.1, -0.05) is 72.8 Å². The summed E-state index contributed by atoms with van der Waals surface area (Å²) in [6.45, 7) is -2.41. The molecule has 9 atom stereocenters. The molecule has 1 heterocycles. The van der Waals surface area contributed by atoms with Crippen molar-refractivity contribution < 1.29 is 77.6 Å². The number of primary amides is 1. The number of nitrogens with one attached hydrogen (secondary N) is 9. The summed E-state index contributed by atoms with van der Waals surface area (Å²) in [5.41, 5.74) is 28.7. The summed E-state index contributed by atoms with van der Waals surface area (Å²) in [5, 5.41) is 50.5. The zero-order valence-corrected chi connectivity index (χ0v) is 47.7. The van der Waals surface area contributed by atoms with Gasteiger partial charge in [0.15, 0.2) is 5.96 Å². The van der Waals surface area contributed by atoms with Gasteiger partial charge in [0.1, 0.15) is 48.3 Å². The van der Waals surface area contributed by atoms with Gasteiger partial charge in [0, 0.05) is 25.1 Å². The second kappa shape index (κ2) is 37.2. The summed E-state index contributed by atoms with van der Waals surface area (Å²) in [6, 6.07) is 2.65. The average Bonchev–Trinajstić information content (AvgIpc) is 4.15. The number of benzene rings is 2. The van der Waals surface area contributed by atoms with E-state index in [2.05, 4.69) is 65.5 Å². The highest BCUT2D eigenvalue weighted by atomic mass is 32.1. The minimum Gasteiger partial charge on any atom is -0.481 e. The fraction of sp³-hybridized carbons (Fsp3) is 0.472. The molecule has 0 unspecified atom stereocenters. The molecule has 0 bridgehead atoms. The van der Waals surface area contributed by atoms with Crippen molar-refractivity contribution in [2.24, 2.45) is 33.7 Å². The number of aliphatic hydroxyl groups excluding tert-OH is 1. The molecule has 1 aliphatic rings. The Hall–Kier alpha value is -9.21. The van der Waals surface area contributed by atoms with Crippen LogP contribution in [0.3, 0.4) is 0 Å². The number of carboxylic acid groups (broad SMARTS) is 2. The standard InChI is InChI=1S/C53H76N16O16S/c54-18-8-7-15-33(63-45(78)31(55)28-86)47(80)64-32(16-9-19-59-53(57)58)46(79)61-26-41(72)69-20-10-17-39(69)52(85)60-25-40(71)62-38(27-70)51(84)68-37(24-43(75)76)50(83)66-35(22-30-13-5-2-6-14-30)48(81)67-36(23-42(73)74)49(82)65-34(44(56)77)21-29-11-3-1-4-12-29/h1-6,9,11-14,16,31-39,70,86H,7-8,10,15,17-28,54-55H2,(H2,56,77)(H,60,85)(H,61,79)(H,62,71)(H,63,78)(H,64,80)(H,65,82)(H,66,83)(H,67,81)(H,68,84)(H,73,74)(H,75,76)(H4,57,58,59)/b16-9+/t31-,32-,33-,34-,35-,36-,37-,38-,39-/m0/s1. The van der Waals surface area contributed by atoms with E-state index in [4.69, 9.17) is 28.7 Å². The van der Waals surface area contributed by atoms with Crippen molar-refractivity contribution in [2.45, 2.75) is 112 Å². The highest BCUT2D eigenvalue weighted by Crippen LogP contribution is 2.18. The van der Waals surface area contributed by atoms with Crippen molar-refractivity contribution in [1.82, 2.24) is 52.8 Å². The number of aliphatic hydroxyl groups is 1. The van der Waals surface area contributed by atoms with Gasteiger partial charge in [-0.15, -0.1) is 0 Å². The summed E-state index contributed by atoms with van der Waals surface area (Å²) in [6.07, 6.45) is 1.52. The highest BCUT2D eigenvalue weighted by molar-refractivity contribution is 7.80. The predicted molar refractivity (Wildman–Crippen MR) is 310 cm³/mol. The van der Waals surface area contributed by atoms with Crippen LogP contribution in [0.1, 0.15) is 56.1 Å². The van der Waals surface area contributed by atoms with Crippen LogP contribution in [-0.4, -0.2) is 203 Å². The highest BCUT2D eigenvalue weighted by Gasteiger charge is 2.37. The third-order valence-corrected chi connectivity index (χ3v) is 13.2. The van der Waals surface area contributed by atoms with Gasteiger partial charge in [-0.05, 0) is 49.8 Å². The van der Waals surface area contributed by atoms with E-state index in [9.17, 15) is 77.6 Å². The Morgan fingerprint density at radius 2 is 1.14 bits per heavy atom. The number of carbonyl (C=O) groups is 13. The van der Waals surface area contributed by atoms with Crippen LogP contribution >= 0.6 is 12.6 Å². The van der Waals surface area contributed by atoms with Crippen LogP contribution in [0.25, 0.3) is 0 Å². The van der Waals surface area contributed by atoms with E-state index < -0.39 is 164 Å². The SMILES string of the molecule is NCCCC[C@H](NC(=O)[C@@H](N)CS)C(=O)N[C@@H](/C=C/CN=C(N)N)C(=O)NCC(=O)N1CCC[C@H]1C(=O)NCC(=O)N[C@@H](CO)C(=O)N[C@@H](CC(=O)O)C(=O)N[C@@H](Cc1ccccc1)C(=O)N[C@@H](CC(=O)O)C(=O)N[C@@H](Cc1ccccc1)C(N)=O. The monoisotopic (exact) mass is 1220 g/mol. The molecule has 1 saturated heterocycles. The van der Waals surface area contributed by atoms with Gasteiger partial charge >= 0.3 is 11.9 Å². The van der Waals surface area contributed by atoms with Crippen LogP contribution in [0.2, 0.25) is 0 Å². The van der Waals surface area contributed by atoms with Crippen LogP contribution < -0.4 is 76.5 Å². The Bertz CT molecular complexity index is 2760. The molecule has 0 aliphatic carbocycles. The van der Waals surface area contributed by atoms with Crippen LogP contribution in [0.4, 0.5) is 0 Å². The number of aliphatic imine (C=N–C) groups is 1. The van der Waals surface area contributed by atoms with E-state index in [1.54, 1.807) is 60.7 Å². The van der Waals surface area contributed by atoms with Crippen molar-refractivity contribution in [2.75, 3.05) is 45.1 Å². The molecule has 22 N–H and O–H groups in total. The van der Waals surface area contributed by atoms with Crippen LogP contribution in [-0.2, 0) is 75.2 Å². The molecule has 86 heavy (non-hydrogen) atoms. The fourth-order valence-corrected chi connectivity index (χ4v) is 8.52. The van der Waals surface area contributed by atoms with Gasteiger partial charge in [-0.3, -0.25) is 62.3 Å². The topological polar surface area (TPSA) is 537 Å². The second-order valence-corrected chi connectivity index (χ2v) is 19.9. The maximum atomic E-state index is 13.9. The number of hydrogen-bond donors (Lipinski definition) is 18. The smallest absolute Gasteiger partial charge is 0.305 e. The molecular formula is C53H76N16O16S. The van der Waals surface area contributed by atoms with Crippen LogP contribution in [0.15, 0.2) is 77.8 Å². The van der Waals surface area contributed by atoms with Crippen molar-refractivity contribution >= 4 is 95.5 Å². The average molecular weight is 1230 g/mol. The van der Waals surface area contributed by atoms with Gasteiger partial charge in [0.2, 0.25) is 65.0 Å². The Kier molecular flexibility index (Phi) is 30.7. The maximum Gasteiger partial charge on any atom is 0.305 e. The number of rotatable bonds is 37. The summed E-state index contributed by atoms with van der Waals surface area (Å²) < 4.78 is 0. The van der Waals surface area contributed by atoms with E-state index in [1.807, 2.05) is 0 Å². The van der Waals surface area contributed by atoms with Crippen molar-refractivity contribution in [1.29, 1.82) is 0 Å². The number of unbranched alkanes of at least 4 members (excludes halogenated alkanes) is 1. The number of guanidine groups is 1. The predicted octanol–water partition coefficient (Wildman–Crippen LogP) is -7.27. The molecule has 2 aromatic rings. The number of hydrogen-bond acceptors (Lipinski definition) is 18. The van der Waals surface area contributed by atoms with E-state index in [-0.39, 0.29) is 50.5 Å². The minimum atomic E-state index is -2.01. The number of amides is 11. The quantitative estimate of drug-likeness (QED) is 0.00982. The lowest BCUT2D eigenvalue weighted by Crippen LogP contribution is -2.60. The molecule has 3 rings (SSSR count). The van der Waals surface area contributed by atoms with Crippen LogP contribution in [0.5, 0.6) is 0 Å². The van der Waals surface area contributed by atoms with Crippen LogP contribution in [0, 0.1) is 0 Å². The first-order valence-corrected chi connectivity index (χ1v) is 27.7. The number of nitrogens with two attached hydrogens (primary N) is 5. The van der Waals surface area contributed by atoms with E-state index >= 15 is 0 Å². The number of likely N-dealkylation sites (tertiary alicyclic amines) is 1. The second-order valence-electron chi connectivity index (χ2n) is 19.5. The number of thiol groups is 1. The first-order chi connectivity index (χ1) is 40.9. The molecule has 33 heteroatoms. The van der Waals surface area contributed by atoms with Gasteiger partial charge in [-0.2, -0.15) is 12.6 Å².